The molecule has 1 aromatic rings. The second-order valence-corrected chi connectivity index (χ2v) is 6.23. The Morgan fingerprint density at radius 2 is 2.14 bits per heavy atom. The van der Waals surface area contributed by atoms with Crippen LogP contribution in [0.5, 0.6) is 0 Å². The van der Waals surface area contributed by atoms with Crippen LogP contribution in [0.25, 0.3) is 0 Å². The van der Waals surface area contributed by atoms with E-state index in [1.54, 1.807) is 0 Å². The summed E-state index contributed by atoms with van der Waals surface area (Å²) in [6.45, 7) is 7.29. The zero-order valence-corrected chi connectivity index (χ0v) is 12.8. The SMILES string of the molecule is CN1CCN(CC(=O)Nc2ccc(F)c(N)c2)CC1(C)C. The molecule has 0 aliphatic carbocycles. The third kappa shape index (κ3) is 3.92. The Bertz CT molecular complexity index is 532. The van der Waals surface area contributed by atoms with Crippen LogP contribution in [0, 0.1) is 5.82 Å². The number of halogens is 1. The van der Waals surface area contributed by atoms with Crippen molar-refractivity contribution in [2.75, 3.05) is 44.3 Å². The smallest absolute Gasteiger partial charge is 0.238 e. The molecule has 5 nitrogen and oxygen atoms in total. The van der Waals surface area contributed by atoms with Crippen molar-refractivity contribution in [3.63, 3.8) is 0 Å². The summed E-state index contributed by atoms with van der Waals surface area (Å²) in [5, 5.41) is 2.75. The molecule has 116 valence electrons. The fraction of sp³-hybridized carbons (Fsp3) is 0.533. The van der Waals surface area contributed by atoms with Crippen molar-refractivity contribution in [1.82, 2.24) is 9.80 Å². The lowest BCUT2D eigenvalue weighted by molar-refractivity contribution is -0.118. The molecule has 1 aliphatic rings. The minimum absolute atomic E-state index is 0.0357. The molecule has 0 spiro atoms. The monoisotopic (exact) mass is 294 g/mol. The van der Waals surface area contributed by atoms with Crippen molar-refractivity contribution in [3.05, 3.63) is 24.0 Å². The van der Waals surface area contributed by atoms with E-state index in [0.717, 1.165) is 19.6 Å². The number of nitrogens with zero attached hydrogens (tertiary/aromatic N) is 2. The van der Waals surface area contributed by atoms with Gasteiger partial charge in [-0.05, 0) is 39.1 Å². The molecule has 1 fully saturated rings. The highest BCUT2D eigenvalue weighted by molar-refractivity contribution is 5.92. The molecule has 0 bridgehead atoms. The van der Waals surface area contributed by atoms with Gasteiger partial charge in [-0.25, -0.2) is 4.39 Å². The summed E-state index contributed by atoms with van der Waals surface area (Å²) in [6, 6.07) is 4.20. The summed E-state index contributed by atoms with van der Waals surface area (Å²) in [6.07, 6.45) is 0. The van der Waals surface area contributed by atoms with Gasteiger partial charge in [0.25, 0.3) is 0 Å². The van der Waals surface area contributed by atoms with Gasteiger partial charge in [-0.1, -0.05) is 0 Å². The molecule has 6 heteroatoms. The summed E-state index contributed by atoms with van der Waals surface area (Å²) in [5.74, 6) is -0.588. The van der Waals surface area contributed by atoms with E-state index < -0.39 is 5.82 Å². The largest absolute Gasteiger partial charge is 0.396 e. The van der Waals surface area contributed by atoms with Crippen LogP contribution < -0.4 is 11.1 Å². The first-order valence-electron chi connectivity index (χ1n) is 7.06. The van der Waals surface area contributed by atoms with Gasteiger partial charge in [-0.3, -0.25) is 14.6 Å². The molecule has 1 aromatic carbocycles. The number of hydrogen-bond acceptors (Lipinski definition) is 4. The molecule has 2 rings (SSSR count). The van der Waals surface area contributed by atoms with E-state index in [1.807, 2.05) is 0 Å². The van der Waals surface area contributed by atoms with E-state index in [1.165, 1.54) is 18.2 Å². The van der Waals surface area contributed by atoms with Gasteiger partial charge in [0.2, 0.25) is 5.91 Å². The maximum absolute atomic E-state index is 13.1. The van der Waals surface area contributed by atoms with Gasteiger partial charge in [0.15, 0.2) is 0 Å². The first kappa shape index (κ1) is 15.7. The highest BCUT2D eigenvalue weighted by Crippen LogP contribution is 2.19. The van der Waals surface area contributed by atoms with E-state index in [-0.39, 0.29) is 17.1 Å². The molecular weight excluding hydrogens is 271 g/mol. The van der Waals surface area contributed by atoms with Crippen LogP contribution in [0.15, 0.2) is 18.2 Å². The second kappa shape index (κ2) is 5.99. The van der Waals surface area contributed by atoms with Gasteiger partial charge in [-0.2, -0.15) is 0 Å². The molecule has 1 heterocycles. The molecule has 1 saturated heterocycles. The van der Waals surface area contributed by atoms with Crippen LogP contribution in [0.2, 0.25) is 0 Å². The van der Waals surface area contributed by atoms with Crippen molar-refractivity contribution >= 4 is 17.3 Å². The van der Waals surface area contributed by atoms with Gasteiger partial charge in [0.05, 0.1) is 12.2 Å². The highest BCUT2D eigenvalue weighted by Gasteiger charge is 2.31. The number of nitrogens with one attached hydrogen (secondary N) is 1. The predicted molar refractivity (Wildman–Crippen MR) is 82.6 cm³/mol. The highest BCUT2D eigenvalue weighted by atomic mass is 19.1. The summed E-state index contributed by atoms with van der Waals surface area (Å²) in [4.78, 5) is 16.5. The van der Waals surface area contributed by atoms with Gasteiger partial charge < -0.3 is 11.1 Å². The van der Waals surface area contributed by atoms with Crippen molar-refractivity contribution in [3.8, 4) is 0 Å². The Kier molecular flexibility index (Phi) is 4.49. The zero-order valence-electron chi connectivity index (χ0n) is 12.8. The lowest BCUT2D eigenvalue weighted by Gasteiger charge is -2.45. The minimum Gasteiger partial charge on any atom is -0.396 e. The first-order chi connectivity index (χ1) is 9.78. The van der Waals surface area contributed by atoms with Crippen LogP contribution in [0.3, 0.4) is 0 Å². The third-order valence-corrected chi connectivity index (χ3v) is 4.04. The average molecular weight is 294 g/mol. The number of carbonyl (C=O) groups excluding carboxylic acids is 1. The predicted octanol–water partition coefficient (Wildman–Crippen LogP) is 1.37. The van der Waals surface area contributed by atoms with Gasteiger partial charge >= 0.3 is 0 Å². The molecule has 0 atom stereocenters. The Balaban J connectivity index is 1.91. The molecule has 1 amide bonds. The lowest BCUT2D eigenvalue weighted by atomic mass is 10.00. The lowest BCUT2D eigenvalue weighted by Crippen LogP contribution is -2.58. The standard InChI is InChI=1S/C15H23FN4O/c1-15(2)10-20(7-6-19(15)3)9-14(21)18-11-4-5-12(16)13(17)8-11/h4-5,8H,6-7,9-10,17H2,1-3H3,(H,18,21). The van der Waals surface area contributed by atoms with Crippen LogP contribution >= 0.6 is 0 Å². The number of amides is 1. The number of hydrogen-bond donors (Lipinski definition) is 2. The molecule has 0 aromatic heterocycles. The number of rotatable bonds is 3. The average Bonchev–Trinajstić information content (AvgIpc) is 2.38. The van der Waals surface area contributed by atoms with Crippen molar-refractivity contribution < 1.29 is 9.18 Å². The fourth-order valence-corrected chi connectivity index (χ4v) is 2.50. The number of anilines is 2. The molecule has 3 N–H and O–H groups in total. The molecular formula is C15H23FN4O. The summed E-state index contributed by atoms with van der Waals surface area (Å²) >= 11 is 0. The second-order valence-electron chi connectivity index (χ2n) is 6.23. The van der Waals surface area contributed by atoms with Gasteiger partial charge in [0.1, 0.15) is 5.82 Å². The number of nitrogens with two attached hydrogens (primary N) is 1. The van der Waals surface area contributed by atoms with E-state index in [2.05, 4.69) is 36.0 Å². The van der Waals surface area contributed by atoms with Gasteiger partial charge in [-0.15, -0.1) is 0 Å². The van der Waals surface area contributed by atoms with Gasteiger partial charge in [0, 0.05) is 30.9 Å². The summed E-state index contributed by atoms with van der Waals surface area (Å²) in [5.41, 5.74) is 6.10. The van der Waals surface area contributed by atoms with Crippen molar-refractivity contribution in [2.45, 2.75) is 19.4 Å². The Hall–Kier alpha value is -1.66. The fourth-order valence-electron chi connectivity index (χ4n) is 2.50. The Morgan fingerprint density at radius 3 is 2.76 bits per heavy atom. The maximum Gasteiger partial charge on any atom is 0.238 e. The molecule has 0 radical (unpaired) electrons. The maximum atomic E-state index is 13.1. The molecule has 1 aliphatic heterocycles. The summed E-state index contributed by atoms with van der Waals surface area (Å²) in [7, 11) is 2.10. The van der Waals surface area contributed by atoms with Crippen LogP contribution in [-0.4, -0.2) is 54.5 Å². The van der Waals surface area contributed by atoms with Crippen molar-refractivity contribution in [2.24, 2.45) is 0 Å². The van der Waals surface area contributed by atoms with Crippen LogP contribution in [0.1, 0.15) is 13.8 Å². The quantitative estimate of drug-likeness (QED) is 0.827. The number of piperazine rings is 1. The number of benzene rings is 1. The normalized spacial score (nSPS) is 19.4. The Labute approximate surface area is 124 Å². The topological polar surface area (TPSA) is 61.6 Å². The van der Waals surface area contributed by atoms with E-state index in [9.17, 15) is 9.18 Å². The van der Waals surface area contributed by atoms with E-state index in [4.69, 9.17) is 5.73 Å². The Morgan fingerprint density at radius 1 is 1.43 bits per heavy atom. The summed E-state index contributed by atoms with van der Waals surface area (Å²) < 4.78 is 13.1. The number of carbonyl (C=O) groups is 1. The number of likely N-dealkylation sites (N-methyl/N-ethyl adjacent to an activating group) is 1. The molecule has 0 saturated carbocycles. The molecule has 21 heavy (non-hydrogen) atoms. The van der Waals surface area contributed by atoms with Crippen LogP contribution in [0.4, 0.5) is 15.8 Å². The van der Waals surface area contributed by atoms with Crippen molar-refractivity contribution in [1.29, 1.82) is 0 Å². The van der Waals surface area contributed by atoms with E-state index >= 15 is 0 Å². The molecule has 0 unspecified atom stereocenters. The third-order valence-electron chi connectivity index (χ3n) is 4.04. The first-order valence-corrected chi connectivity index (χ1v) is 7.06. The zero-order chi connectivity index (χ0) is 15.6. The van der Waals surface area contributed by atoms with E-state index in [0.29, 0.717) is 12.2 Å². The van der Waals surface area contributed by atoms with Crippen LogP contribution in [-0.2, 0) is 4.79 Å². The minimum atomic E-state index is -0.478. The number of nitrogen functional groups attached to an aromatic ring is 1.